The molecule has 6 rings (SSSR count). The van der Waals surface area contributed by atoms with Gasteiger partial charge in [0, 0.05) is 31.2 Å². The molecule has 0 radical (unpaired) electrons. The van der Waals surface area contributed by atoms with Crippen LogP contribution in [-0.2, 0) is 4.79 Å². The van der Waals surface area contributed by atoms with Crippen LogP contribution in [0.15, 0.2) is 36.7 Å². The fraction of sp³-hybridized carbons (Fsp3) is 0.364. The molecular weight excluding hydrogens is 438 g/mol. The number of fused-ring (bicyclic) bond motifs is 3. The first-order valence-electron chi connectivity index (χ1n) is 11.3. The Hall–Kier alpha value is -4.22. The van der Waals surface area contributed by atoms with E-state index in [-0.39, 0.29) is 11.9 Å². The Kier molecular flexibility index (Phi) is 4.78. The molecule has 12 heteroatoms. The number of carboxylic acid groups (broad SMARTS) is 1. The predicted molar refractivity (Wildman–Crippen MR) is 122 cm³/mol. The highest BCUT2D eigenvalue weighted by Crippen LogP contribution is 2.27. The van der Waals surface area contributed by atoms with E-state index in [1.54, 1.807) is 15.4 Å². The van der Waals surface area contributed by atoms with Gasteiger partial charge in [0.05, 0.1) is 23.3 Å². The zero-order valence-corrected chi connectivity index (χ0v) is 18.3. The van der Waals surface area contributed by atoms with Gasteiger partial charge in [0.2, 0.25) is 11.9 Å². The third-order valence-electron chi connectivity index (χ3n) is 6.38. The number of aromatic nitrogens is 6. The highest BCUT2D eigenvalue weighted by Gasteiger charge is 2.32. The Bertz CT molecular complexity index is 1410. The van der Waals surface area contributed by atoms with Crippen LogP contribution in [0.25, 0.3) is 27.9 Å². The lowest BCUT2D eigenvalue weighted by Gasteiger charge is -2.36. The Labute approximate surface area is 193 Å². The Balaban J connectivity index is 1.37. The minimum Gasteiger partial charge on any atom is -0.465 e. The van der Waals surface area contributed by atoms with Crippen LogP contribution in [0.2, 0.25) is 0 Å². The summed E-state index contributed by atoms with van der Waals surface area (Å²) in [5.41, 5.74) is 2.11. The molecule has 2 fully saturated rings. The van der Waals surface area contributed by atoms with Crippen molar-refractivity contribution in [2.45, 2.75) is 31.3 Å². The van der Waals surface area contributed by atoms with Crippen LogP contribution in [0.4, 0.5) is 10.7 Å². The van der Waals surface area contributed by atoms with Gasteiger partial charge in [0.15, 0.2) is 11.5 Å². The second-order valence-corrected chi connectivity index (χ2v) is 8.66. The van der Waals surface area contributed by atoms with Crippen molar-refractivity contribution < 1.29 is 14.7 Å². The Morgan fingerprint density at radius 2 is 2.03 bits per heavy atom. The van der Waals surface area contributed by atoms with Gasteiger partial charge in [-0.05, 0) is 31.4 Å². The first kappa shape index (κ1) is 20.4. The van der Waals surface area contributed by atoms with E-state index in [0.29, 0.717) is 43.5 Å². The van der Waals surface area contributed by atoms with Crippen LogP contribution < -0.4 is 10.6 Å². The summed E-state index contributed by atoms with van der Waals surface area (Å²) in [4.78, 5) is 34.4. The molecule has 0 aliphatic carbocycles. The number of likely N-dealkylation sites (tertiary alicyclic amines) is 1. The van der Waals surface area contributed by atoms with Crippen LogP contribution >= 0.6 is 0 Å². The molecule has 0 bridgehead atoms. The number of rotatable bonds is 4. The summed E-state index contributed by atoms with van der Waals surface area (Å²) in [5, 5.41) is 25.2. The number of carbonyl (C=O) groups excluding carboxylic acids is 1. The highest BCUT2D eigenvalue weighted by molar-refractivity contribution is 5.93. The number of amides is 2. The fourth-order valence-corrected chi connectivity index (χ4v) is 4.44. The first-order chi connectivity index (χ1) is 16.6. The zero-order chi connectivity index (χ0) is 23.2. The molecule has 2 amide bonds. The minimum atomic E-state index is -0.924. The maximum Gasteiger partial charge on any atom is 0.407 e. The molecule has 1 aromatic carbocycles. The van der Waals surface area contributed by atoms with E-state index in [4.69, 9.17) is 20.2 Å². The van der Waals surface area contributed by atoms with Crippen LogP contribution in [0, 0.1) is 0 Å². The normalized spacial score (nSPS) is 19.1. The Morgan fingerprint density at radius 3 is 2.88 bits per heavy atom. The third-order valence-corrected chi connectivity index (χ3v) is 6.38. The summed E-state index contributed by atoms with van der Waals surface area (Å²) < 4.78 is 3.40. The minimum absolute atomic E-state index is 0.00430. The van der Waals surface area contributed by atoms with E-state index in [1.807, 2.05) is 30.5 Å². The molecule has 3 aromatic heterocycles. The van der Waals surface area contributed by atoms with Gasteiger partial charge in [-0.15, -0.1) is 5.10 Å². The van der Waals surface area contributed by atoms with Gasteiger partial charge in [-0.2, -0.15) is 9.61 Å². The second kappa shape index (κ2) is 7.97. The molecule has 4 aromatic rings. The summed E-state index contributed by atoms with van der Waals surface area (Å²) in [6.45, 7) is 1.49. The lowest BCUT2D eigenvalue weighted by molar-refractivity contribution is -0.121. The van der Waals surface area contributed by atoms with E-state index in [9.17, 15) is 9.59 Å². The van der Waals surface area contributed by atoms with Crippen LogP contribution in [0.3, 0.4) is 0 Å². The molecule has 2 aliphatic rings. The van der Waals surface area contributed by atoms with Gasteiger partial charge in [0.25, 0.3) is 0 Å². The van der Waals surface area contributed by atoms with Crippen molar-refractivity contribution in [3.05, 3.63) is 36.7 Å². The van der Waals surface area contributed by atoms with Crippen molar-refractivity contribution in [3.63, 3.8) is 0 Å². The van der Waals surface area contributed by atoms with E-state index in [2.05, 4.69) is 15.7 Å². The number of nitrogens with zero attached hydrogens (tertiary/aromatic N) is 7. The topological polar surface area (TPSA) is 143 Å². The third kappa shape index (κ3) is 3.47. The molecule has 174 valence electrons. The average molecular weight is 461 g/mol. The number of hydrogen-bond acceptors (Lipinski definition) is 7. The maximum absolute atomic E-state index is 12.5. The summed E-state index contributed by atoms with van der Waals surface area (Å²) in [6.07, 6.45) is 5.19. The summed E-state index contributed by atoms with van der Waals surface area (Å²) in [7, 11) is 0. The summed E-state index contributed by atoms with van der Waals surface area (Å²) in [6, 6.07) is 7.28. The van der Waals surface area contributed by atoms with Crippen molar-refractivity contribution in [2.75, 3.05) is 25.0 Å². The largest absolute Gasteiger partial charge is 0.465 e. The number of carbonyl (C=O) groups is 2. The number of nitrogens with one attached hydrogen (secondary N) is 2. The van der Waals surface area contributed by atoms with Crippen molar-refractivity contribution in [2.24, 2.45) is 0 Å². The Morgan fingerprint density at radius 1 is 1.18 bits per heavy atom. The van der Waals surface area contributed by atoms with Gasteiger partial charge < -0.3 is 20.6 Å². The quantitative estimate of drug-likeness (QED) is 0.417. The molecule has 5 heterocycles. The second-order valence-electron chi connectivity index (χ2n) is 8.66. The van der Waals surface area contributed by atoms with E-state index in [1.165, 1.54) is 4.90 Å². The zero-order valence-electron chi connectivity index (χ0n) is 18.3. The van der Waals surface area contributed by atoms with Gasteiger partial charge in [0.1, 0.15) is 6.04 Å². The van der Waals surface area contributed by atoms with Crippen molar-refractivity contribution in [3.8, 4) is 11.4 Å². The van der Waals surface area contributed by atoms with Gasteiger partial charge >= 0.3 is 6.09 Å². The molecule has 2 aliphatic heterocycles. The molecule has 0 saturated carbocycles. The van der Waals surface area contributed by atoms with Gasteiger partial charge in [-0.1, -0.05) is 12.1 Å². The maximum atomic E-state index is 12.5. The highest BCUT2D eigenvalue weighted by atomic mass is 16.4. The molecule has 0 spiro atoms. The molecule has 3 N–H and O–H groups in total. The SMILES string of the molecule is O=C1NCCCC[C@H]1Nc1nc2ccccc2c2nc(-c3cnn(C4CN(C(=O)O)C4)c3)nn12. The molecular formula is C22H23N9O3. The standard InChI is InChI=1S/C22H23N9O3/c32-20-17(7-3-4-8-23-20)26-21-25-16-6-2-1-5-15(16)19-27-18(28-31(19)21)13-9-24-30(10-13)14-11-29(12-14)22(33)34/h1-2,5-6,9-10,14,17H,3-4,7-8,11-12H2,(H,23,32)(H,25,26)(H,33,34)/t17-/m1/s1. The monoisotopic (exact) mass is 461 g/mol. The summed E-state index contributed by atoms with van der Waals surface area (Å²) >= 11 is 0. The van der Waals surface area contributed by atoms with Crippen LogP contribution in [-0.4, -0.2) is 77.0 Å². The smallest absolute Gasteiger partial charge is 0.407 e. The molecule has 12 nitrogen and oxygen atoms in total. The average Bonchev–Trinajstić information content (AvgIpc) is 3.40. The number of anilines is 1. The van der Waals surface area contributed by atoms with Crippen LogP contribution in [0.1, 0.15) is 25.3 Å². The van der Waals surface area contributed by atoms with E-state index in [0.717, 1.165) is 29.3 Å². The lowest BCUT2D eigenvalue weighted by Crippen LogP contribution is -2.50. The molecule has 1 atom stereocenters. The number of para-hydroxylation sites is 1. The molecule has 34 heavy (non-hydrogen) atoms. The molecule has 2 saturated heterocycles. The van der Waals surface area contributed by atoms with Crippen molar-refractivity contribution >= 4 is 34.5 Å². The number of hydrogen-bond donors (Lipinski definition) is 3. The fourth-order valence-electron chi connectivity index (χ4n) is 4.44. The first-order valence-corrected chi connectivity index (χ1v) is 11.3. The summed E-state index contributed by atoms with van der Waals surface area (Å²) in [5.74, 6) is 0.892. The van der Waals surface area contributed by atoms with Crippen molar-refractivity contribution in [1.29, 1.82) is 0 Å². The molecule has 0 unspecified atom stereocenters. The van der Waals surface area contributed by atoms with E-state index >= 15 is 0 Å². The van der Waals surface area contributed by atoms with Gasteiger partial charge in [-0.25, -0.2) is 14.8 Å². The van der Waals surface area contributed by atoms with Crippen LogP contribution in [0.5, 0.6) is 0 Å². The van der Waals surface area contributed by atoms with E-state index < -0.39 is 12.1 Å². The lowest BCUT2D eigenvalue weighted by atomic mass is 10.1. The van der Waals surface area contributed by atoms with Crippen molar-refractivity contribution in [1.82, 2.24) is 39.6 Å². The van der Waals surface area contributed by atoms with Gasteiger partial charge in [-0.3, -0.25) is 9.48 Å². The number of benzene rings is 1. The predicted octanol–water partition coefficient (Wildman–Crippen LogP) is 1.76.